The number of unbranched alkanes of at least 4 members (excludes halogenated alkanes) is 1. The molecule has 0 unspecified atom stereocenters. The molecule has 4 nitrogen and oxygen atoms in total. The quantitative estimate of drug-likeness (QED) is 0.118. The van der Waals surface area contributed by atoms with E-state index in [9.17, 15) is 0 Å². The number of anilines is 1. The van der Waals surface area contributed by atoms with Crippen LogP contribution in [0.3, 0.4) is 0 Å². The molecule has 0 radical (unpaired) electrons. The summed E-state index contributed by atoms with van der Waals surface area (Å²) in [6.07, 6.45) is 6.72. The van der Waals surface area contributed by atoms with Crippen molar-refractivity contribution >= 4 is 34.4 Å². The van der Waals surface area contributed by atoms with Gasteiger partial charge in [0.1, 0.15) is 5.75 Å². The van der Waals surface area contributed by atoms with Crippen LogP contribution in [0.2, 0.25) is 0 Å². The first kappa shape index (κ1) is 27.3. The molecule has 5 rings (SSSR count). The van der Waals surface area contributed by atoms with E-state index in [4.69, 9.17) is 4.74 Å². The Morgan fingerprint density at radius 1 is 0.923 bits per heavy atom. The normalized spacial score (nSPS) is 14.3. The van der Waals surface area contributed by atoms with Crippen LogP contribution in [0.1, 0.15) is 37.4 Å². The van der Waals surface area contributed by atoms with Gasteiger partial charge in [0.25, 0.3) is 0 Å². The summed E-state index contributed by atoms with van der Waals surface area (Å²) < 4.78 is 9.69. The topological polar surface area (TPSA) is 16.4 Å². The number of pyridine rings is 1. The minimum absolute atomic E-state index is 0.721. The van der Waals surface area contributed by atoms with Crippen molar-refractivity contribution in [3.05, 3.63) is 95.1 Å². The first-order chi connectivity index (χ1) is 18.8. The van der Waals surface area contributed by atoms with Crippen LogP contribution in [0.4, 0.5) is 5.69 Å². The first-order valence-electron chi connectivity index (χ1n) is 14.1. The summed E-state index contributed by atoms with van der Waals surface area (Å²) in [6.45, 7) is 4.07. The fourth-order valence-electron chi connectivity index (χ4n) is 5.16. The third-order valence-corrected chi connectivity index (χ3v) is 8.39. The van der Waals surface area contributed by atoms with Crippen LogP contribution in [0.25, 0.3) is 22.7 Å². The third-order valence-electron chi connectivity index (χ3n) is 7.22. The number of thioether (sulfide) groups is 1. The largest absolute Gasteiger partial charge is 0.493 e. The summed E-state index contributed by atoms with van der Waals surface area (Å²) in [4.78, 5) is 3.61. The van der Waals surface area contributed by atoms with Crippen molar-refractivity contribution in [2.45, 2.75) is 37.5 Å². The molecule has 39 heavy (non-hydrogen) atoms. The second-order valence-electron chi connectivity index (χ2n) is 11.4. The average Bonchev–Trinajstić information content (AvgIpc) is 3.24. The summed E-state index contributed by atoms with van der Waals surface area (Å²) in [5, 5.41) is 2.48. The highest BCUT2D eigenvalue weighted by Crippen LogP contribution is 2.45. The molecule has 202 valence electrons. The third kappa shape index (κ3) is 6.32. The van der Waals surface area contributed by atoms with Gasteiger partial charge in [0.15, 0.2) is 5.69 Å². The molecule has 0 N–H and O–H groups in total. The van der Waals surface area contributed by atoms with Crippen molar-refractivity contribution in [1.29, 1.82) is 0 Å². The van der Waals surface area contributed by atoms with E-state index in [1.165, 1.54) is 43.5 Å². The van der Waals surface area contributed by atoms with Crippen molar-refractivity contribution in [3.8, 4) is 11.4 Å². The van der Waals surface area contributed by atoms with E-state index in [0.717, 1.165) is 49.1 Å². The van der Waals surface area contributed by atoms with Gasteiger partial charge < -0.3 is 14.1 Å². The molecule has 5 heteroatoms. The van der Waals surface area contributed by atoms with E-state index in [-0.39, 0.29) is 0 Å². The molecule has 1 aliphatic rings. The fourth-order valence-corrected chi connectivity index (χ4v) is 6.26. The van der Waals surface area contributed by atoms with Gasteiger partial charge in [-0.1, -0.05) is 55.4 Å². The minimum Gasteiger partial charge on any atom is -0.493 e. The van der Waals surface area contributed by atoms with Crippen LogP contribution in [0, 0.1) is 0 Å². The molecule has 0 saturated heterocycles. The zero-order valence-electron chi connectivity index (χ0n) is 24.0. The van der Waals surface area contributed by atoms with E-state index in [2.05, 4.69) is 130 Å². The van der Waals surface area contributed by atoms with E-state index in [1.54, 1.807) is 0 Å². The molecular weight excluding hydrogens is 498 g/mol. The monoisotopic (exact) mass is 539 g/mol. The Morgan fingerprint density at radius 2 is 1.69 bits per heavy atom. The Kier molecular flexibility index (Phi) is 8.29. The molecule has 4 aromatic rings. The van der Waals surface area contributed by atoms with Crippen LogP contribution in [0.5, 0.6) is 5.75 Å². The summed E-state index contributed by atoms with van der Waals surface area (Å²) >= 11 is 1.84. The zero-order chi connectivity index (χ0) is 27.4. The second kappa shape index (κ2) is 11.8. The van der Waals surface area contributed by atoms with Crippen LogP contribution in [-0.2, 0) is 6.42 Å². The van der Waals surface area contributed by atoms with Crippen LogP contribution in [0.15, 0.2) is 88.8 Å². The number of hydrogen-bond donors (Lipinski definition) is 0. The Balaban J connectivity index is 1.61. The maximum Gasteiger partial charge on any atom is 0.222 e. The van der Waals surface area contributed by atoms with E-state index >= 15 is 0 Å². The Morgan fingerprint density at radius 3 is 2.44 bits per heavy atom. The number of rotatable bonds is 10. The number of hydrogen-bond acceptors (Lipinski definition) is 3. The molecule has 0 amide bonds. The van der Waals surface area contributed by atoms with Gasteiger partial charge in [-0.25, -0.2) is 0 Å². The van der Waals surface area contributed by atoms with Gasteiger partial charge in [-0.05, 0) is 42.3 Å². The van der Waals surface area contributed by atoms with Gasteiger partial charge in [0.2, 0.25) is 11.2 Å². The van der Waals surface area contributed by atoms with Crippen molar-refractivity contribution in [3.63, 3.8) is 0 Å². The number of aromatic nitrogens is 1. The number of fused-ring (bicyclic) bond motifs is 2. The first-order valence-corrected chi connectivity index (χ1v) is 14.9. The van der Waals surface area contributed by atoms with Crippen molar-refractivity contribution < 1.29 is 13.8 Å². The van der Waals surface area contributed by atoms with Gasteiger partial charge in [-0.2, -0.15) is 4.57 Å². The molecule has 0 spiro atoms. The predicted octanol–water partition coefficient (Wildman–Crippen LogP) is 7.47. The lowest BCUT2D eigenvalue weighted by Gasteiger charge is -2.23. The average molecular weight is 540 g/mol. The lowest BCUT2D eigenvalue weighted by atomic mass is 10.0. The van der Waals surface area contributed by atoms with E-state index in [1.807, 2.05) is 11.8 Å². The summed E-state index contributed by atoms with van der Waals surface area (Å²) in [5.41, 5.74) is 6.22. The maximum absolute atomic E-state index is 6.30. The molecule has 0 atom stereocenters. The van der Waals surface area contributed by atoms with Crippen molar-refractivity contribution in [2.75, 3.05) is 46.2 Å². The molecular formula is C34H41N3OS+2. The molecule has 0 bridgehead atoms. The molecule has 1 aliphatic heterocycles. The van der Waals surface area contributed by atoms with Gasteiger partial charge >= 0.3 is 0 Å². The minimum atomic E-state index is 0.721. The standard InChI is InChI=1S/C34H41N3OS/c1-6-7-14-28-23-26(24-34-35(2)31-17-11-12-18-33(31)39-34)30-20-19-29(38-22-13-21-37(3,4)5)25-32(30)36(28)27-15-9-8-10-16-27/h8-12,15-20,23-25H,6-7,13-14,21-22H2,1-5H3/q+2. The van der Waals surface area contributed by atoms with E-state index < -0.39 is 0 Å². The number of ether oxygens (including phenoxy) is 1. The van der Waals surface area contributed by atoms with Crippen molar-refractivity contribution in [2.24, 2.45) is 0 Å². The van der Waals surface area contributed by atoms with Gasteiger partial charge in [0.05, 0.1) is 56.5 Å². The molecule has 0 aliphatic carbocycles. The number of quaternary nitrogens is 1. The summed E-state index contributed by atoms with van der Waals surface area (Å²) in [6, 6.07) is 28.4. The maximum atomic E-state index is 6.30. The fraction of sp³-hybridized carbons (Fsp3) is 0.324. The van der Waals surface area contributed by atoms with Crippen LogP contribution < -0.4 is 14.2 Å². The van der Waals surface area contributed by atoms with Gasteiger partial charge in [-0.3, -0.25) is 0 Å². The molecule has 1 aromatic heterocycles. The highest BCUT2D eigenvalue weighted by atomic mass is 32.2. The van der Waals surface area contributed by atoms with Crippen LogP contribution >= 0.6 is 11.8 Å². The molecule has 0 saturated carbocycles. The number of aryl methyl sites for hydroxylation is 1. The lowest BCUT2D eigenvalue weighted by molar-refractivity contribution is -0.870. The molecule has 3 aromatic carbocycles. The van der Waals surface area contributed by atoms with Crippen LogP contribution in [-0.4, -0.2) is 45.8 Å². The number of nitrogens with zero attached hydrogens (tertiary/aromatic N) is 3. The lowest BCUT2D eigenvalue weighted by Crippen LogP contribution is -2.37. The molecule has 0 fully saturated rings. The van der Waals surface area contributed by atoms with Gasteiger partial charge in [-0.15, -0.1) is 0 Å². The van der Waals surface area contributed by atoms with E-state index in [0.29, 0.717) is 0 Å². The highest BCUT2D eigenvalue weighted by Gasteiger charge is 2.25. The second-order valence-corrected chi connectivity index (χ2v) is 12.4. The molecule has 2 heterocycles. The van der Waals surface area contributed by atoms with Gasteiger partial charge in [0, 0.05) is 43.0 Å². The Bertz CT molecular complexity index is 1470. The summed E-state index contributed by atoms with van der Waals surface area (Å²) in [5.74, 6) is 0.930. The number of para-hydroxylation sites is 2. The SMILES string of the molecule is CCCCc1cc(/C=C2\Sc3ccccc3N2C)c2ccc(OCCC[N+](C)(C)C)cc2[n+]1-c1ccccc1. The van der Waals surface area contributed by atoms with Crippen molar-refractivity contribution in [1.82, 2.24) is 0 Å². The number of benzene rings is 3. The smallest absolute Gasteiger partial charge is 0.222 e. The summed E-state index contributed by atoms with van der Waals surface area (Å²) in [7, 11) is 8.85. The zero-order valence-corrected chi connectivity index (χ0v) is 24.8. The highest BCUT2D eigenvalue weighted by molar-refractivity contribution is 8.03. The Labute approximate surface area is 238 Å². The predicted molar refractivity (Wildman–Crippen MR) is 166 cm³/mol. The Hall–Kier alpha value is -3.28.